The summed E-state index contributed by atoms with van der Waals surface area (Å²) in [5.41, 5.74) is 2.91. The molecular formula is C5H9ClN2. The first-order chi connectivity index (χ1) is 3.83. The standard InChI is InChI=1S/C5H9ClN2/c1-2-4-3-5(6)8-7-4/h4,7H,2-3H2,1H3. The van der Waals surface area contributed by atoms with Crippen LogP contribution in [0.2, 0.25) is 0 Å². The van der Waals surface area contributed by atoms with Crippen molar-refractivity contribution < 1.29 is 0 Å². The van der Waals surface area contributed by atoms with Crippen LogP contribution < -0.4 is 5.43 Å². The third-order valence-corrected chi connectivity index (χ3v) is 1.51. The first-order valence-corrected chi connectivity index (χ1v) is 3.18. The van der Waals surface area contributed by atoms with Crippen LogP contribution in [-0.2, 0) is 0 Å². The SMILES string of the molecule is CCC1CC(Cl)=NN1. The fourth-order valence-corrected chi connectivity index (χ4v) is 0.927. The van der Waals surface area contributed by atoms with Crippen molar-refractivity contribution in [1.29, 1.82) is 0 Å². The van der Waals surface area contributed by atoms with Crippen molar-refractivity contribution in [1.82, 2.24) is 5.43 Å². The van der Waals surface area contributed by atoms with Crippen LogP contribution in [-0.4, -0.2) is 11.2 Å². The average molecular weight is 133 g/mol. The van der Waals surface area contributed by atoms with Crippen molar-refractivity contribution in [2.75, 3.05) is 0 Å². The van der Waals surface area contributed by atoms with Gasteiger partial charge >= 0.3 is 0 Å². The molecule has 0 fully saturated rings. The van der Waals surface area contributed by atoms with E-state index in [2.05, 4.69) is 17.5 Å². The second kappa shape index (κ2) is 2.35. The predicted octanol–water partition coefficient (Wildman–Crippen LogP) is 1.31. The van der Waals surface area contributed by atoms with Crippen molar-refractivity contribution in [3.63, 3.8) is 0 Å². The number of hydrogen-bond donors (Lipinski definition) is 1. The average Bonchev–Trinajstić information content (AvgIpc) is 2.14. The highest BCUT2D eigenvalue weighted by molar-refractivity contribution is 6.65. The van der Waals surface area contributed by atoms with E-state index in [0.29, 0.717) is 11.2 Å². The lowest BCUT2D eigenvalue weighted by atomic mass is 10.2. The van der Waals surface area contributed by atoms with E-state index in [1.54, 1.807) is 0 Å². The lowest BCUT2D eigenvalue weighted by Gasteiger charge is -2.01. The van der Waals surface area contributed by atoms with Crippen LogP contribution in [0, 0.1) is 0 Å². The third-order valence-electron chi connectivity index (χ3n) is 1.28. The highest BCUT2D eigenvalue weighted by atomic mass is 35.5. The van der Waals surface area contributed by atoms with Gasteiger partial charge in [-0.2, -0.15) is 5.10 Å². The van der Waals surface area contributed by atoms with Crippen molar-refractivity contribution in [2.45, 2.75) is 25.8 Å². The van der Waals surface area contributed by atoms with Gasteiger partial charge in [0.1, 0.15) is 5.17 Å². The number of nitrogens with zero attached hydrogens (tertiary/aromatic N) is 1. The lowest BCUT2D eigenvalue weighted by molar-refractivity contribution is 0.568. The zero-order chi connectivity index (χ0) is 5.98. The van der Waals surface area contributed by atoms with E-state index in [4.69, 9.17) is 11.6 Å². The largest absolute Gasteiger partial charge is 0.305 e. The highest BCUT2D eigenvalue weighted by Crippen LogP contribution is 2.08. The Kier molecular flexibility index (Phi) is 1.73. The van der Waals surface area contributed by atoms with Crippen LogP contribution in [0.4, 0.5) is 0 Å². The van der Waals surface area contributed by atoms with Gasteiger partial charge in [0.15, 0.2) is 0 Å². The Morgan fingerprint density at radius 3 is 3.00 bits per heavy atom. The van der Waals surface area contributed by atoms with Gasteiger partial charge in [0.25, 0.3) is 0 Å². The maximum atomic E-state index is 5.57. The molecule has 46 valence electrons. The van der Waals surface area contributed by atoms with E-state index in [1.807, 2.05) is 0 Å². The molecule has 1 rings (SSSR count). The number of hydrogen-bond acceptors (Lipinski definition) is 2. The maximum Gasteiger partial charge on any atom is 0.128 e. The van der Waals surface area contributed by atoms with Crippen LogP contribution in [0.25, 0.3) is 0 Å². The molecule has 1 atom stereocenters. The predicted molar refractivity (Wildman–Crippen MR) is 35.1 cm³/mol. The summed E-state index contributed by atoms with van der Waals surface area (Å²) in [6, 6.07) is 0.488. The molecule has 0 aromatic carbocycles. The molecule has 8 heavy (non-hydrogen) atoms. The fourth-order valence-electron chi connectivity index (χ4n) is 0.692. The van der Waals surface area contributed by atoms with Crippen LogP contribution in [0.5, 0.6) is 0 Å². The summed E-state index contributed by atoms with van der Waals surface area (Å²) in [4.78, 5) is 0. The molecule has 1 aliphatic rings. The summed E-state index contributed by atoms with van der Waals surface area (Å²) in [7, 11) is 0. The first kappa shape index (κ1) is 5.89. The minimum absolute atomic E-state index is 0.488. The van der Waals surface area contributed by atoms with Crippen molar-refractivity contribution >= 4 is 16.8 Å². The molecule has 0 bridgehead atoms. The Balaban J connectivity index is 2.32. The van der Waals surface area contributed by atoms with Gasteiger partial charge in [-0.05, 0) is 6.42 Å². The molecule has 0 aromatic rings. The monoisotopic (exact) mass is 132 g/mol. The minimum atomic E-state index is 0.488. The Morgan fingerprint density at radius 1 is 2.00 bits per heavy atom. The smallest absolute Gasteiger partial charge is 0.128 e. The van der Waals surface area contributed by atoms with E-state index in [-0.39, 0.29) is 0 Å². The molecule has 0 aromatic heterocycles. The van der Waals surface area contributed by atoms with E-state index in [1.165, 1.54) is 0 Å². The number of rotatable bonds is 1. The number of halogens is 1. The van der Waals surface area contributed by atoms with Crippen LogP contribution in [0.15, 0.2) is 5.10 Å². The number of nitrogens with one attached hydrogen (secondary N) is 1. The number of hydrazone groups is 1. The Morgan fingerprint density at radius 2 is 2.75 bits per heavy atom. The summed E-state index contributed by atoms with van der Waals surface area (Å²) < 4.78 is 0. The van der Waals surface area contributed by atoms with Crippen molar-refractivity contribution in [3.05, 3.63) is 0 Å². The molecule has 0 saturated heterocycles. The summed E-state index contributed by atoms with van der Waals surface area (Å²) in [6.07, 6.45) is 2.00. The molecule has 1 aliphatic heterocycles. The van der Waals surface area contributed by atoms with E-state index in [9.17, 15) is 0 Å². The van der Waals surface area contributed by atoms with Gasteiger partial charge in [-0.1, -0.05) is 18.5 Å². The summed E-state index contributed by atoms with van der Waals surface area (Å²) in [5, 5.41) is 4.53. The normalized spacial score (nSPS) is 27.2. The summed E-state index contributed by atoms with van der Waals surface area (Å²) in [6.45, 7) is 2.11. The second-order valence-corrected chi connectivity index (χ2v) is 2.36. The molecule has 0 saturated carbocycles. The van der Waals surface area contributed by atoms with Crippen LogP contribution >= 0.6 is 11.6 Å². The zero-order valence-electron chi connectivity index (χ0n) is 4.82. The summed E-state index contributed by atoms with van der Waals surface area (Å²) >= 11 is 5.57. The molecular weight excluding hydrogens is 124 g/mol. The summed E-state index contributed by atoms with van der Waals surface area (Å²) in [5.74, 6) is 0. The molecule has 0 amide bonds. The quantitative estimate of drug-likeness (QED) is 0.572. The van der Waals surface area contributed by atoms with E-state index >= 15 is 0 Å². The molecule has 2 nitrogen and oxygen atoms in total. The Hall–Kier alpha value is -0.240. The van der Waals surface area contributed by atoms with E-state index in [0.717, 1.165) is 12.8 Å². The molecule has 0 radical (unpaired) electrons. The third kappa shape index (κ3) is 1.13. The van der Waals surface area contributed by atoms with Gasteiger partial charge in [0, 0.05) is 6.42 Å². The molecule has 0 aliphatic carbocycles. The Labute approximate surface area is 53.9 Å². The molecule has 1 N–H and O–H groups in total. The van der Waals surface area contributed by atoms with Crippen molar-refractivity contribution in [2.24, 2.45) is 5.10 Å². The molecule has 1 unspecified atom stereocenters. The molecule has 1 heterocycles. The lowest BCUT2D eigenvalue weighted by Crippen LogP contribution is -2.16. The molecule has 3 heteroatoms. The topological polar surface area (TPSA) is 24.4 Å². The van der Waals surface area contributed by atoms with Gasteiger partial charge in [0.05, 0.1) is 6.04 Å². The minimum Gasteiger partial charge on any atom is -0.305 e. The van der Waals surface area contributed by atoms with Crippen LogP contribution in [0.1, 0.15) is 19.8 Å². The second-order valence-electron chi connectivity index (χ2n) is 1.93. The van der Waals surface area contributed by atoms with Gasteiger partial charge in [-0.3, -0.25) is 0 Å². The fraction of sp³-hybridized carbons (Fsp3) is 0.800. The van der Waals surface area contributed by atoms with Crippen LogP contribution in [0.3, 0.4) is 0 Å². The van der Waals surface area contributed by atoms with Gasteiger partial charge in [0.2, 0.25) is 0 Å². The Bertz CT molecular complexity index is 111. The van der Waals surface area contributed by atoms with E-state index < -0.39 is 0 Å². The van der Waals surface area contributed by atoms with Crippen molar-refractivity contribution in [3.8, 4) is 0 Å². The molecule has 0 spiro atoms. The highest BCUT2D eigenvalue weighted by Gasteiger charge is 2.13. The zero-order valence-corrected chi connectivity index (χ0v) is 5.57. The van der Waals surface area contributed by atoms with Gasteiger partial charge in [-0.15, -0.1) is 0 Å². The van der Waals surface area contributed by atoms with Gasteiger partial charge < -0.3 is 5.43 Å². The first-order valence-electron chi connectivity index (χ1n) is 2.80. The maximum absolute atomic E-state index is 5.57. The van der Waals surface area contributed by atoms with Gasteiger partial charge in [-0.25, -0.2) is 0 Å².